The van der Waals surface area contributed by atoms with Gasteiger partial charge in [0, 0.05) is 19.1 Å². The largest absolute Gasteiger partial charge is 0.376 e. The summed E-state index contributed by atoms with van der Waals surface area (Å²) in [5.74, 6) is 0.954. The minimum Gasteiger partial charge on any atom is -0.376 e. The number of amides is 1. The van der Waals surface area contributed by atoms with Crippen LogP contribution in [0.1, 0.15) is 39.5 Å². The maximum absolute atomic E-state index is 12.0. The molecule has 1 fully saturated rings. The summed E-state index contributed by atoms with van der Waals surface area (Å²) in [7, 11) is 0. The van der Waals surface area contributed by atoms with Crippen LogP contribution in [-0.2, 0) is 9.53 Å². The van der Waals surface area contributed by atoms with Crippen molar-refractivity contribution in [1.29, 1.82) is 0 Å². The molecule has 0 aromatic carbocycles. The maximum atomic E-state index is 12.0. The highest BCUT2D eigenvalue weighted by Gasteiger charge is 2.16. The van der Waals surface area contributed by atoms with Gasteiger partial charge >= 0.3 is 0 Å². The molecule has 0 bridgehead atoms. The smallest absolute Gasteiger partial charge is 0.227 e. The van der Waals surface area contributed by atoms with Crippen LogP contribution in [0.15, 0.2) is 18.3 Å². The van der Waals surface area contributed by atoms with Crippen LogP contribution in [0.5, 0.6) is 0 Å². The van der Waals surface area contributed by atoms with Gasteiger partial charge in [0.25, 0.3) is 0 Å². The van der Waals surface area contributed by atoms with Crippen LogP contribution in [-0.4, -0.2) is 30.1 Å². The van der Waals surface area contributed by atoms with Gasteiger partial charge in [0.1, 0.15) is 5.82 Å². The number of hydrogen-bond acceptors (Lipinski definition) is 4. The lowest BCUT2D eigenvalue weighted by molar-refractivity contribution is -0.120. The predicted molar refractivity (Wildman–Crippen MR) is 84.4 cm³/mol. The second-order valence-electron chi connectivity index (χ2n) is 5.45. The Balaban J connectivity index is 1.82. The molecule has 0 spiro atoms. The van der Waals surface area contributed by atoms with E-state index in [1.807, 2.05) is 26.0 Å². The van der Waals surface area contributed by atoms with E-state index in [1.165, 1.54) is 0 Å². The number of rotatable bonds is 7. The first-order valence-corrected chi connectivity index (χ1v) is 7.85. The number of nitrogens with zero attached hydrogens (tertiary/aromatic N) is 1. The van der Waals surface area contributed by atoms with Crippen molar-refractivity contribution in [2.75, 3.05) is 23.8 Å². The van der Waals surface area contributed by atoms with Crippen molar-refractivity contribution in [3.8, 4) is 0 Å². The standard InChI is InChI=1S/C16H25N3O2/c1-3-12(4-2)16(20)19-13-7-8-15(17-10-13)18-11-14-6-5-9-21-14/h7-8,10,12,14H,3-6,9,11H2,1-2H3,(H,17,18)(H,19,20). The number of ether oxygens (including phenoxy) is 1. The van der Waals surface area contributed by atoms with Gasteiger partial charge in [0.15, 0.2) is 0 Å². The van der Waals surface area contributed by atoms with Gasteiger partial charge in [-0.1, -0.05) is 13.8 Å². The third-order valence-corrected chi connectivity index (χ3v) is 3.92. The summed E-state index contributed by atoms with van der Waals surface area (Å²) in [6, 6.07) is 3.77. The van der Waals surface area contributed by atoms with Crippen molar-refractivity contribution in [2.24, 2.45) is 5.92 Å². The lowest BCUT2D eigenvalue weighted by Gasteiger charge is -2.14. The first-order chi connectivity index (χ1) is 10.2. The molecule has 2 heterocycles. The Kier molecular flexibility index (Phi) is 5.99. The van der Waals surface area contributed by atoms with Crippen molar-refractivity contribution in [3.63, 3.8) is 0 Å². The minimum atomic E-state index is 0.0712. The van der Waals surface area contributed by atoms with E-state index in [1.54, 1.807) is 6.20 Å². The summed E-state index contributed by atoms with van der Waals surface area (Å²) in [4.78, 5) is 16.3. The number of anilines is 2. The Labute approximate surface area is 126 Å². The number of carbonyl (C=O) groups is 1. The Morgan fingerprint density at radius 1 is 1.43 bits per heavy atom. The van der Waals surface area contributed by atoms with Gasteiger partial charge in [-0.15, -0.1) is 0 Å². The molecule has 1 amide bonds. The lowest BCUT2D eigenvalue weighted by Crippen LogP contribution is -2.22. The van der Waals surface area contributed by atoms with Gasteiger partial charge in [-0.25, -0.2) is 4.98 Å². The minimum absolute atomic E-state index is 0.0712. The summed E-state index contributed by atoms with van der Waals surface area (Å²) < 4.78 is 5.55. The molecule has 1 aromatic rings. The fourth-order valence-electron chi connectivity index (χ4n) is 2.50. The fraction of sp³-hybridized carbons (Fsp3) is 0.625. The van der Waals surface area contributed by atoms with Crippen LogP contribution >= 0.6 is 0 Å². The highest BCUT2D eigenvalue weighted by molar-refractivity contribution is 5.92. The van der Waals surface area contributed by atoms with Gasteiger partial charge in [-0.2, -0.15) is 0 Å². The summed E-state index contributed by atoms with van der Waals surface area (Å²) in [6.45, 7) is 5.71. The SMILES string of the molecule is CCC(CC)C(=O)Nc1ccc(NCC2CCCO2)nc1. The van der Waals surface area contributed by atoms with Gasteiger partial charge in [0.05, 0.1) is 18.0 Å². The molecule has 116 valence electrons. The van der Waals surface area contributed by atoms with E-state index in [0.29, 0.717) is 6.10 Å². The summed E-state index contributed by atoms with van der Waals surface area (Å²) in [5, 5.41) is 6.18. The molecule has 1 unspecified atom stereocenters. The van der Waals surface area contributed by atoms with Crippen molar-refractivity contribution >= 4 is 17.4 Å². The second kappa shape index (κ2) is 7.98. The number of nitrogens with one attached hydrogen (secondary N) is 2. The predicted octanol–water partition coefficient (Wildman–Crippen LogP) is 3.05. The van der Waals surface area contributed by atoms with Crippen LogP contribution < -0.4 is 10.6 Å². The third-order valence-electron chi connectivity index (χ3n) is 3.92. The summed E-state index contributed by atoms with van der Waals surface area (Å²) >= 11 is 0. The van der Waals surface area contributed by atoms with Gasteiger partial charge in [0.2, 0.25) is 5.91 Å². The molecule has 2 rings (SSSR count). The third kappa shape index (κ3) is 4.70. The molecule has 21 heavy (non-hydrogen) atoms. The molecular formula is C16H25N3O2. The molecular weight excluding hydrogens is 266 g/mol. The summed E-state index contributed by atoms with van der Waals surface area (Å²) in [6.07, 6.45) is 5.95. The highest BCUT2D eigenvalue weighted by atomic mass is 16.5. The lowest BCUT2D eigenvalue weighted by atomic mass is 10.0. The highest BCUT2D eigenvalue weighted by Crippen LogP contribution is 2.16. The van der Waals surface area contributed by atoms with E-state index in [0.717, 1.165) is 50.3 Å². The Hall–Kier alpha value is -1.62. The van der Waals surface area contributed by atoms with E-state index in [9.17, 15) is 4.79 Å². The summed E-state index contributed by atoms with van der Waals surface area (Å²) in [5.41, 5.74) is 0.745. The first kappa shape index (κ1) is 15.8. The molecule has 5 nitrogen and oxygen atoms in total. The van der Waals surface area contributed by atoms with Crippen LogP contribution in [0.3, 0.4) is 0 Å². The second-order valence-corrected chi connectivity index (χ2v) is 5.45. The molecule has 5 heteroatoms. The Morgan fingerprint density at radius 2 is 2.24 bits per heavy atom. The van der Waals surface area contributed by atoms with Crippen LogP contribution in [0.2, 0.25) is 0 Å². The number of hydrogen-bond donors (Lipinski definition) is 2. The molecule has 0 radical (unpaired) electrons. The molecule has 1 aromatic heterocycles. The molecule has 1 aliphatic rings. The zero-order chi connectivity index (χ0) is 15.1. The normalized spacial score (nSPS) is 18.0. The van der Waals surface area contributed by atoms with Gasteiger partial charge in [-0.05, 0) is 37.8 Å². The van der Waals surface area contributed by atoms with Crippen molar-refractivity contribution in [1.82, 2.24) is 4.98 Å². The maximum Gasteiger partial charge on any atom is 0.227 e. The molecule has 1 saturated heterocycles. The molecule has 0 aliphatic carbocycles. The quantitative estimate of drug-likeness (QED) is 0.810. The van der Waals surface area contributed by atoms with Crippen LogP contribution in [0.25, 0.3) is 0 Å². The topological polar surface area (TPSA) is 63.2 Å². The van der Waals surface area contributed by atoms with E-state index in [-0.39, 0.29) is 11.8 Å². The monoisotopic (exact) mass is 291 g/mol. The zero-order valence-electron chi connectivity index (χ0n) is 12.9. The number of pyridine rings is 1. The first-order valence-electron chi connectivity index (χ1n) is 7.85. The number of aromatic nitrogens is 1. The molecule has 0 saturated carbocycles. The fourth-order valence-corrected chi connectivity index (χ4v) is 2.50. The molecule has 1 atom stereocenters. The average molecular weight is 291 g/mol. The van der Waals surface area contributed by atoms with E-state index in [2.05, 4.69) is 15.6 Å². The van der Waals surface area contributed by atoms with E-state index in [4.69, 9.17) is 4.74 Å². The molecule has 2 N–H and O–H groups in total. The Bertz CT molecular complexity index is 437. The van der Waals surface area contributed by atoms with Crippen molar-refractivity contribution in [2.45, 2.75) is 45.6 Å². The van der Waals surface area contributed by atoms with Crippen LogP contribution in [0, 0.1) is 5.92 Å². The van der Waals surface area contributed by atoms with Crippen molar-refractivity contribution < 1.29 is 9.53 Å². The van der Waals surface area contributed by atoms with E-state index < -0.39 is 0 Å². The zero-order valence-corrected chi connectivity index (χ0v) is 12.9. The van der Waals surface area contributed by atoms with Crippen LogP contribution in [0.4, 0.5) is 11.5 Å². The number of carbonyl (C=O) groups excluding carboxylic acids is 1. The van der Waals surface area contributed by atoms with E-state index >= 15 is 0 Å². The average Bonchev–Trinajstić information content (AvgIpc) is 3.01. The van der Waals surface area contributed by atoms with Gasteiger partial charge in [-0.3, -0.25) is 4.79 Å². The molecule has 1 aliphatic heterocycles. The van der Waals surface area contributed by atoms with Crippen molar-refractivity contribution in [3.05, 3.63) is 18.3 Å². The van der Waals surface area contributed by atoms with Gasteiger partial charge < -0.3 is 15.4 Å². The Morgan fingerprint density at radius 3 is 2.81 bits per heavy atom.